The number of ether oxygens (including phenoxy) is 4. The molecule has 0 bridgehead atoms. The van der Waals surface area contributed by atoms with E-state index >= 15 is 0 Å². The third-order valence-corrected chi connectivity index (χ3v) is 6.94. The first-order valence-corrected chi connectivity index (χ1v) is 10.9. The number of esters is 2. The number of methoxy groups -OCH3 is 2. The number of hydrogen-bond donors (Lipinski definition) is 0. The minimum Gasteiger partial charge on any atom is -0.497 e. The summed E-state index contributed by atoms with van der Waals surface area (Å²) in [5, 5.41) is -0.547. The van der Waals surface area contributed by atoms with Crippen molar-refractivity contribution in [3.63, 3.8) is 0 Å². The molecule has 0 aliphatic carbocycles. The van der Waals surface area contributed by atoms with Crippen LogP contribution >= 0.6 is 27.7 Å². The van der Waals surface area contributed by atoms with Crippen LogP contribution in [0.4, 0.5) is 4.39 Å². The SMILES string of the molecule is COc1ccc(C(=O)OC[C@H]2S[C@H](Br)[C@@H](F)[C@@H]2OC(=O)c2ccc(OC)cc2)cc1. The molecular formula is C21H20BrFO6S. The molecule has 1 heterocycles. The van der Waals surface area contributed by atoms with Crippen LogP contribution in [0.2, 0.25) is 0 Å². The predicted molar refractivity (Wildman–Crippen MR) is 114 cm³/mol. The molecule has 160 valence electrons. The van der Waals surface area contributed by atoms with Gasteiger partial charge < -0.3 is 18.9 Å². The third kappa shape index (κ3) is 5.26. The average molecular weight is 499 g/mol. The van der Waals surface area contributed by atoms with Gasteiger partial charge in [0.05, 0.1) is 34.8 Å². The summed E-state index contributed by atoms with van der Waals surface area (Å²) in [6, 6.07) is 12.8. The number of carbonyl (C=O) groups excluding carboxylic acids is 2. The van der Waals surface area contributed by atoms with E-state index < -0.39 is 33.6 Å². The van der Waals surface area contributed by atoms with Crippen LogP contribution in [-0.4, -0.2) is 54.4 Å². The highest BCUT2D eigenvalue weighted by molar-refractivity contribution is 9.11. The summed E-state index contributed by atoms with van der Waals surface area (Å²) in [6.45, 7) is -0.0986. The zero-order valence-electron chi connectivity index (χ0n) is 16.2. The fraction of sp³-hybridized carbons (Fsp3) is 0.333. The van der Waals surface area contributed by atoms with Crippen LogP contribution in [0.15, 0.2) is 48.5 Å². The minimum absolute atomic E-state index is 0.0986. The van der Waals surface area contributed by atoms with Gasteiger partial charge >= 0.3 is 11.9 Å². The Hall–Kier alpha value is -2.26. The molecule has 4 atom stereocenters. The summed E-state index contributed by atoms with van der Waals surface area (Å²) < 4.78 is 34.9. The van der Waals surface area contributed by atoms with E-state index in [0.29, 0.717) is 17.1 Å². The van der Waals surface area contributed by atoms with Crippen LogP contribution in [0, 0.1) is 0 Å². The first-order chi connectivity index (χ1) is 14.4. The molecule has 1 aliphatic rings. The van der Waals surface area contributed by atoms with Gasteiger partial charge in [-0.05, 0) is 48.5 Å². The van der Waals surface area contributed by atoms with Gasteiger partial charge in [0.2, 0.25) is 0 Å². The molecule has 1 fully saturated rings. The van der Waals surface area contributed by atoms with Crippen LogP contribution in [-0.2, 0) is 9.47 Å². The van der Waals surface area contributed by atoms with E-state index in [1.165, 1.54) is 26.0 Å². The molecule has 0 aromatic heterocycles. The van der Waals surface area contributed by atoms with E-state index in [9.17, 15) is 14.0 Å². The minimum atomic E-state index is -1.44. The Labute approximate surface area is 186 Å². The van der Waals surface area contributed by atoms with E-state index in [1.807, 2.05) is 0 Å². The van der Waals surface area contributed by atoms with Crippen molar-refractivity contribution in [3.8, 4) is 11.5 Å². The zero-order chi connectivity index (χ0) is 21.7. The fourth-order valence-corrected chi connectivity index (χ4v) is 5.11. The topological polar surface area (TPSA) is 71.1 Å². The van der Waals surface area contributed by atoms with Gasteiger partial charge in [-0.25, -0.2) is 14.0 Å². The molecule has 6 nitrogen and oxygen atoms in total. The van der Waals surface area contributed by atoms with Crippen LogP contribution < -0.4 is 9.47 Å². The molecule has 0 N–H and O–H groups in total. The van der Waals surface area contributed by atoms with Gasteiger partial charge in [0.15, 0.2) is 12.3 Å². The van der Waals surface area contributed by atoms with Crippen LogP contribution in [0.5, 0.6) is 11.5 Å². The van der Waals surface area contributed by atoms with Crippen molar-refractivity contribution >= 4 is 39.6 Å². The Morgan fingerprint density at radius 2 is 1.43 bits per heavy atom. The maximum atomic E-state index is 14.6. The Kier molecular flexibility index (Phi) is 7.60. The number of carbonyl (C=O) groups is 2. The number of halogens is 2. The summed E-state index contributed by atoms with van der Waals surface area (Å²) >= 11 is 4.46. The average Bonchev–Trinajstić information content (AvgIpc) is 3.05. The number of hydrogen-bond acceptors (Lipinski definition) is 7. The number of rotatable bonds is 7. The first kappa shape index (κ1) is 22.4. The van der Waals surface area contributed by atoms with Gasteiger partial charge in [0.25, 0.3) is 0 Å². The second-order valence-electron chi connectivity index (χ2n) is 6.40. The standard InChI is InChI=1S/C21H20BrFO6S/c1-26-14-7-3-12(4-8-14)20(24)28-11-16-18(17(23)19(22)30-16)29-21(25)13-5-9-15(27-2)10-6-13/h3-10,16-19H,11H2,1-2H3/t16-,17+,18-,19+/m1/s1. The molecule has 30 heavy (non-hydrogen) atoms. The quantitative estimate of drug-likeness (QED) is 0.417. The van der Waals surface area contributed by atoms with E-state index in [0.717, 1.165) is 0 Å². The molecule has 3 rings (SSSR count). The fourth-order valence-electron chi connectivity index (χ4n) is 2.84. The third-order valence-electron chi connectivity index (χ3n) is 4.51. The number of thioether (sulfide) groups is 1. The molecule has 0 unspecified atom stereocenters. The van der Waals surface area contributed by atoms with Crippen molar-refractivity contribution < 1.29 is 32.9 Å². The largest absolute Gasteiger partial charge is 0.497 e. The highest BCUT2D eigenvalue weighted by Gasteiger charge is 2.46. The zero-order valence-corrected chi connectivity index (χ0v) is 18.7. The Balaban J connectivity index is 1.62. The molecule has 2 aromatic carbocycles. The van der Waals surface area contributed by atoms with E-state index in [1.54, 1.807) is 48.5 Å². The lowest BCUT2D eigenvalue weighted by molar-refractivity contribution is 0.00404. The summed E-state index contributed by atoms with van der Waals surface area (Å²) in [5.41, 5.74) is 0.623. The lowest BCUT2D eigenvalue weighted by atomic mass is 10.1. The van der Waals surface area contributed by atoms with Gasteiger partial charge in [-0.3, -0.25) is 0 Å². The molecular weight excluding hydrogens is 479 g/mol. The monoisotopic (exact) mass is 498 g/mol. The van der Waals surface area contributed by atoms with E-state index in [4.69, 9.17) is 18.9 Å². The Morgan fingerprint density at radius 1 is 0.933 bits per heavy atom. The van der Waals surface area contributed by atoms with Gasteiger partial charge in [-0.1, -0.05) is 15.9 Å². The summed E-state index contributed by atoms with van der Waals surface area (Å²) in [7, 11) is 3.05. The van der Waals surface area contributed by atoms with Crippen LogP contribution in [0.3, 0.4) is 0 Å². The normalized spacial score (nSPS) is 22.9. The predicted octanol–water partition coefficient (Wildman–Crippen LogP) is 4.26. The molecule has 1 aliphatic heterocycles. The summed E-state index contributed by atoms with van der Waals surface area (Å²) in [5.74, 6) is 0.00638. The van der Waals surface area contributed by atoms with Gasteiger partial charge in [0.1, 0.15) is 18.1 Å². The second-order valence-corrected chi connectivity index (χ2v) is 9.37. The first-order valence-electron chi connectivity index (χ1n) is 9.02. The Morgan fingerprint density at radius 3 is 1.93 bits per heavy atom. The lowest BCUT2D eigenvalue weighted by Crippen LogP contribution is -2.36. The molecule has 9 heteroatoms. The van der Waals surface area contributed by atoms with Crippen molar-refractivity contribution in [1.29, 1.82) is 0 Å². The van der Waals surface area contributed by atoms with Crippen molar-refractivity contribution in [1.82, 2.24) is 0 Å². The van der Waals surface area contributed by atoms with E-state index in [-0.39, 0.29) is 12.2 Å². The second kappa shape index (κ2) is 10.2. The molecule has 0 amide bonds. The summed E-state index contributed by atoms with van der Waals surface area (Å²) in [6.07, 6.45) is -2.50. The maximum absolute atomic E-state index is 14.6. The van der Waals surface area contributed by atoms with Crippen molar-refractivity contribution in [3.05, 3.63) is 59.7 Å². The van der Waals surface area contributed by atoms with Crippen molar-refractivity contribution in [2.24, 2.45) is 0 Å². The van der Waals surface area contributed by atoms with E-state index in [2.05, 4.69) is 15.9 Å². The van der Waals surface area contributed by atoms with Crippen molar-refractivity contribution in [2.75, 3.05) is 20.8 Å². The van der Waals surface area contributed by atoms with Crippen molar-refractivity contribution in [2.45, 2.75) is 21.7 Å². The molecule has 1 saturated heterocycles. The van der Waals surface area contributed by atoms with Crippen LogP contribution in [0.25, 0.3) is 0 Å². The van der Waals surface area contributed by atoms with Gasteiger partial charge in [-0.2, -0.15) is 0 Å². The van der Waals surface area contributed by atoms with Gasteiger partial charge in [0, 0.05) is 0 Å². The molecule has 0 saturated carbocycles. The maximum Gasteiger partial charge on any atom is 0.338 e. The number of alkyl halides is 2. The molecule has 0 radical (unpaired) electrons. The Bertz CT molecular complexity index is 876. The summed E-state index contributed by atoms with van der Waals surface area (Å²) in [4.78, 5) is 24.7. The lowest BCUT2D eigenvalue weighted by Gasteiger charge is -2.20. The van der Waals surface area contributed by atoms with Crippen LogP contribution in [0.1, 0.15) is 20.7 Å². The molecule has 0 spiro atoms. The van der Waals surface area contributed by atoms with Gasteiger partial charge in [-0.15, -0.1) is 11.8 Å². The smallest absolute Gasteiger partial charge is 0.338 e. The number of benzene rings is 2. The highest BCUT2D eigenvalue weighted by Crippen LogP contribution is 2.41. The molecule has 2 aromatic rings. The highest BCUT2D eigenvalue weighted by atomic mass is 79.9.